The van der Waals surface area contributed by atoms with E-state index in [0.717, 1.165) is 25.9 Å². The Morgan fingerprint density at radius 2 is 1.50 bits per heavy atom. The molecule has 0 aromatic rings. The molecule has 1 saturated carbocycles. The van der Waals surface area contributed by atoms with Crippen molar-refractivity contribution < 1.29 is 9.59 Å². The van der Waals surface area contributed by atoms with Crippen molar-refractivity contribution >= 4 is 11.9 Å². The Morgan fingerprint density at radius 1 is 1.00 bits per heavy atom. The van der Waals surface area contributed by atoms with E-state index in [9.17, 15) is 9.59 Å². The maximum Gasteiger partial charge on any atom is 0.320 e. The van der Waals surface area contributed by atoms with Crippen LogP contribution < -0.4 is 0 Å². The lowest BCUT2D eigenvalue weighted by Crippen LogP contribution is -2.54. The van der Waals surface area contributed by atoms with Crippen LogP contribution in [0, 0.1) is 5.92 Å². The second-order valence-corrected chi connectivity index (χ2v) is 5.04. The molecule has 2 rings (SSSR count). The van der Waals surface area contributed by atoms with Crippen LogP contribution in [0.4, 0.5) is 4.79 Å². The molecular formula is C13H23N3O2. The Labute approximate surface area is 109 Å². The van der Waals surface area contributed by atoms with Crippen LogP contribution in [0.1, 0.15) is 26.7 Å². The fourth-order valence-electron chi connectivity index (χ4n) is 2.40. The highest BCUT2D eigenvalue weighted by Gasteiger charge is 2.35. The van der Waals surface area contributed by atoms with Crippen LogP contribution in [0.5, 0.6) is 0 Å². The van der Waals surface area contributed by atoms with Crippen molar-refractivity contribution in [1.29, 1.82) is 0 Å². The summed E-state index contributed by atoms with van der Waals surface area (Å²) in [7, 11) is 0. The molecule has 0 atom stereocenters. The molecule has 2 fully saturated rings. The third-order valence-electron chi connectivity index (χ3n) is 3.82. The van der Waals surface area contributed by atoms with Crippen molar-refractivity contribution in [2.45, 2.75) is 26.7 Å². The van der Waals surface area contributed by atoms with E-state index >= 15 is 0 Å². The number of hydrogen-bond acceptors (Lipinski definition) is 2. The maximum absolute atomic E-state index is 12.1. The SMILES string of the molecule is CCN(CC)C(=O)N1CCN(C(=O)C2CC2)CC1. The monoisotopic (exact) mass is 253 g/mol. The molecule has 18 heavy (non-hydrogen) atoms. The number of piperazine rings is 1. The molecule has 0 spiro atoms. The molecule has 0 bridgehead atoms. The predicted octanol–water partition coefficient (Wildman–Crippen LogP) is 1.00. The Balaban J connectivity index is 1.82. The largest absolute Gasteiger partial charge is 0.339 e. The summed E-state index contributed by atoms with van der Waals surface area (Å²) in [6, 6.07) is 0.110. The van der Waals surface area contributed by atoms with Crippen molar-refractivity contribution in [3.8, 4) is 0 Å². The molecule has 1 aliphatic carbocycles. The molecule has 1 aliphatic heterocycles. The number of hydrogen-bond donors (Lipinski definition) is 0. The summed E-state index contributed by atoms with van der Waals surface area (Å²) in [6.07, 6.45) is 2.11. The highest BCUT2D eigenvalue weighted by molar-refractivity contribution is 5.81. The van der Waals surface area contributed by atoms with E-state index < -0.39 is 0 Å². The highest BCUT2D eigenvalue weighted by Crippen LogP contribution is 2.31. The summed E-state index contributed by atoms with van der Waals surface area (Å²) in [5.41, 5.74) is 0. The second-order valence-electron chi connectivity index (χ2n) is 5.04. The van der Waals surface area contributed by atoms with Crippen molar-refractivity contribution in [3.63, 3.8) is 0 Å². The number of urea groups is 1. The normalized spacial score (nSPS) is 19.9. The lowest BCUT2D eigenvalue weighted by molar-refractivity contribution is -0.134. The minimum Gasteiger partial charge on any atom is -0.339 e. The van der Waals surface area contributed by atoms with Crippen LogP contribution in [-0.4, -0.2) is 65.9 Å². The van der Waals surface area contributed by atoms with E-state index in [1.165, 1.54) is 0 Å². The zero-order valence-corrected chi connectivity index (χ0v) is 11.4. The lowest BCUT2D eigenvalue weighted by atomic mass is 10.2. The predicted molar refractivity (Wildman–Crippen MR) is 69.2 cm³/mol. The molecule has 0 aromatic heterocycles. The van der Waals surface area contributed by atoms with Gasteiger partial charge in [0.05, 0.1) is 0 Å². The summed E-state index contributed by atoms with van der Waals surface area (Å²) in [6.45, 7) is 8.22. The summed E-state index contributed by atoms with van der Waals surface area (Å²) >= 11 is 0. The van der Waals surface area contributed by atoms with Gasteiger partial charge in [-0.15, -0.1) is 0 Å². The molecule has 0 aromatic carbocycles. The zero-order valence-electron chi connectivity index (χ0n) is 11.4. The number of rotatable bonds is 3. The van der Waals surface area contributed by atoms with E-state index in [1.807, 2.05) is 28.5 Å². The maximum atomic E-state index is 12.1. The van der Waals surface area contributed by atoms with Crippen LogP contribution >= 0.6 is 0 Å². The van der Waals surface area contributed by atoms with E-state index in [2.05, 4.69) is 0 Å². The first-order valence-electron chi connectivity index (χ1n) is 7.00. The first-order chi connectivity index (χ1) is 8.67. The fraction of sp³-hybridized carbons (Fsp3) is 0.846. The van der Waals surface area contributed by atoms with Gasteiger partial charge >= 0.3 is 6.03 Å². The van der Waals surface area contributed by atoms with Crippen molar-refractivity contribution in [2.24, 2.45) is 5.92 Å². The van der Waals surface area contributed by atoms with Gasteiger partial charge in [-0.2, -0.15) is 0 Å². The van der Waals surface area contributed by atoms with Gasteiger partial charge in [-0.05, 0) is 26.7 Å². The number of nitrogens with zero attached hydrogens (tertiary/aromatic N) is 3. The molecule has 5 nitrogen and oxygen atoms in total. The lowest BCUT2D eigenvalue weighted by Gasteiger charge is -2.37. The number of carbonyl (C=O) groups excluding carboxylic acids is 2. The Morgan fingerprint density at radius 3 is 1.94 bits per heavy atom. The third-order valence-corrected chi connectivity index (χ3v) is 3.82. The molecule has 3 amide bonds. The summed E-state index contributed by atoms with van der Waals surface area (Å²) in [4.78, 5) is 29.6. The van der Waals surface area contributed by atoms with Gasteiger partial charge in [-0.25, -0.2) is 4.79 Å². The Hall–Kier alpha value is -1.26. The zero-order chi connectivity index (χ0) is 13.1. The first kappa shape index (κ1) is 13.2. The first-order valence-corrected chi connectivity index (χ1v) is 7.00. The fourth-order valence-corrected chi connectivity index (χ4v) is 2.40. The number of carbonyl (C=O) groups is 2. The molecule has 0 radical (unpaired) electrons. The third kappa shape index (κ3) is 2.76. The van der Waals surface area contributed by atoms with E-state index in [4.69, 9.17) is 0 Å². The molecule has 5 heteroatoms. The van der Waals surface area contributed by atoms with Crippen LogP contribution in [0.2, 0.25) is 0 Å². The van der Waals surface area contributed by atoms with Crippen LogP contribution in [-0.2, 0) is 4.79 Å². The van der Waals surface area contributed by atoms with Crippen LogP contribution in [0.15, 0.2) is 0 Å². The minimum atomic E-state index is 0.110. The molecule has 102 valence electrons. The summed E-state index contributed by atoms with van der Waals surface area (Å²) < 4.78 is 0. The van der Waals surface area contributed by atoms with Crippen molar-refractivity contribution in [2.75, 3.05) is 39.3 Å². The van der Waals surface area contributed by atoms with Gasteiger partial charge in [0.15, 0.2) is 0 Å². The van der Waals surface area contributed by atoms with Crippen LogP contribution in [0.3, 0.4) is 0 Å². The minimum absolute atomic E-state index is 0.110. The van der Waals surface area contributed by atoms with E-state index in [1.54, 1.807) is 0 Å². The Bertz CT molecular complexity index is 316. The van der Waals surface area contributed by atoms with Crippen LogP contribution in [0.25, 0.3) is 0 Å². The molecule has 1 heterocycles. The van der Waals surface area contributed by atoms with Gasteiger partial charge in [-0.1, -0.05) is 0 Å². The summed E-state index contributed by atoms with van der Waals surface area (Å²) in [5, 5.41) is 0. The Kier molecular flexibility index (Phi) is 4.09. The van der Waals surface area contributed by atoms with Gasteiger partial charge in [0.1, 0.15) is 0 Å². The topological polar surface area (TPSA) is 43.9 Å². The molecule has 2 aliphatic rings. The quantitative estimate of drug-likeness (QED) is 0.753. The van der Waals surface area contributed by atoms with Gasteiger partial charge in [0, 0.05) is 45.2 Å². The molecule has 1 saturated heterocycles. The van der Waals surface area contributed by atoms with Crippen molar-refractivity contribution in [3.05, 3.63) is 0 Å². The number of amides is 3. The highest BCUT2D eigenvalue weighted by atomic mass is 16.2. The average molecular weight is 253 g/mol. The van der Waals surface area contributed by atoms with Gasteiger partial charge in [0.2, 0.25) is 5.91 Å². The van der Waals surface area contributed by atoms with Gasteiger partial charge < -0.3 is 14.7 Å². The van der Waals surface area contributed by atoms with Gasteiger partial charge in [0.25, 0.3) is 0 Å². The van der Waals surface area contributed by atoms with Crippen molar-refractivity contribution in [1.82, 2.24) is 14.7 Å². The second kappa shape index (κ2) is 5.59. The van der Waals surface area contributed by atoms with E-state index in [0.29, 0.717) is 32.1 Å². The molecular weight excluding hydrogens is 230 g/mol. The smallest absolute Gasteiger partial charge is 0.320 e. The van der Waals surface area contributed by atoms with E-state index in [-0.39, 0.29) is 11.9 Å². The van der Waals surface area contributed by atoms with Gasteiger partial charge in [-0.3, -0.25) is 4.79 Å². The standard InChI is InChI=1S/C13H23N3O2/c1-3-14(4-2)13(18)16-9-7-15(8-10-16)12(17)11-5-6-11/h11H,3-10H2,1-2H3. The average Bonchev–Trinajstić information content (AvgIpc) is 3.24. The molecule has 0 N–H and O–H groups in total. The summed E-state index contributed by atoms with van der Waals surface area (Å²) in [5.74, 6) is 0.583. The molecule has 0 unspecified atom stereocenters.